The van der Waals surface area contributed by atoms with Crippen molar-refractivity contribution in [2.45, 2.75) is 37.6 Å². The summed E-state index contributed by atoms with van der Waals surface area (Å²) < 4.78 is 38.9. The zero-order chi connectivity index (χ0) is 21.1. The van der Waals surface area contributed by atoms with Crippen molar-refractivity contribution >= 4 is 5.91 Å². The number of piperazine rings is 1. The predicted octanol–water partition coefficient (Wildman–Crippen LogP) is 3.84. The van der Waals surface area contributed by atoms with Crippen LogP contribution in [0.5, 0.6) is 0 Å². The molecule has 2 aromatic rings. The maximum Gasteiger partial charge on any atom is 0.416 e. The number of halogens is 3. The van der Waals surface area contributed by atoms with Crippen LogP contribution in [0.1, 0.15) is 35.6 Å². The first-order valence-corrected chi connectivity index (χ1v) is 10.4. The highest BCUT2D eigenvalue weighted by atomic mass is 19.4. The van der Waals surface area contributed by atoms with Crippen molar-refractivity contribution in [3.8, 4) is 0 Å². The van der Waals surface area contributed by atoms with Gasteiger partial charge in [-0.25, -0.2) is 0 Å². The third-order valence-electron chi connectivity index (χ3n) is 5.72. The van der Waals surface area contributed by atoms with Crippen LogP contribution in [0.3, 0.4) is 0 Å². The summed E-state index contributed by atoms with van der Waals surface area (Å²) in [6.45, 7) is 3.27. The van der Waals surface area contributed by atoms with Gasteiger partial charge >= 0.3 is 6.18 Å². The Labute approximate surface area is 174 Å². The molecule has 2 aliphatic rings. The quantitative estimate of drug-likeness (QED) is 0.776. The zero-order valence-corrected chi connectivity index (χ0v) is 16.7. The third kappa shape index (κ3) is 5.21. The second-order valence-corrected chi connectivity index (χ2v) is 8.11. The van der Waals surface area contributed by atoms with Gasteiger partial charge in [0, 0.05) is 38.8 Å². The van der Waals surface area contributed by atoms with E-state index in [9.17, 15) is 18.0 Å². The Bertz CT molecular complexity index is 859. The van der Waals surface area contributed by atoms with Crippen LogP contribution in [-0.4, -0.2) is 47.9 Å². The normalized spacial score (nSPS) is 19.4. The van der Waals surface area contributed by atoms with E-state index in [0.717, 1.165) is 24.5 Å². The number of hydrogen-bond donors (Lipinski definition) is 1. The highest BCUT2D eigenvalue weighted by molar-refractivity contribution is 5.83. The monoisotopic (exact) mass is 417 g/mol. The predicted molar refractivity (Wildman–Crippen MR) is 109 cm³/mol. The molecule has 1 N–H and O–H groups in total. The van der Waals surface area contributed by atoms with Crippen LogP contribution < -0.4 is 5.32 Å². The number of nitrogens with one attached hydrogen (secondary N) is 1. The van der Waals surface area contributed by atoms with Gasteiger partial charge in [-0.05, 0) is 30.0 Å². The summed E-state index contributed by atoms with van der Waals surface area (Å²) in [5.74, 6) is 0.0371. The fourth-order valence-corrected chi connectivity index (χ4v) is 3.95. The molecule has 0 aromatic heterocycles. The van der Waals surface area contributed by atoms with E-state index >= 15 is 0 Å². The van der Waals surface area contributed by atoms with E-state index in [1.165, 1.54) is 12.1 Å². The lowest BCUT2D eigenvalue weighted by Gasteiger charge is -2.39. The second kappa shape index (κ2) is 8.78. The molecule has 4 rings (SSSR count). The summed E-state index contributed by atoms with van der Waals surface area (Å²) in [5.41, 5.74) is 1.02. The van der Waals surface area contributed by atoms with Gasteiger partial charge < -0.3 is 5.32 Å². The van der Waals surface area contributed by atoms with Crippen LogP contribution in [0.15, 0.2) is 54.6 Å². The largest absolute Gasteiger partial charge is 0.416 e. The molecular formula is C23H26F3N3O. The fourth-order valence-electron chi connectivity index (χ4n) is 3.95. The first kappa shape index (κ1) is 20.9. The van der Waals surface area contributed by atoms with Crippen LogP contribution in [0, 0.1) is 0 Å². The van der Waals surface area contributed by atoms with Gasteiger partial charge in [0.25, 0.3) is 0 Å². The molecule has 160 valence electrons. The van der Waals surface area contributed by atoms with Crippen molar-refractivity contribution in [2.75, 3.05) is 26.2 Å². The van der Waals surface area contributed by atoms with Crippen molar-refractivity contribution in [3.05, 3.63) is 71.3 Å². The Balaban J connectivity index is 1.40. The molecule has 0 radical (unpaired) electrons. The smallest absolute Gasteiger partial charge is 0.352 e. The summed E-state index contributed by atoms with van der Waals surface area (Å²) in [4.78, 5) is 17.2. The molecule has 30 heavy (non-hydrogen) atoms. The first-order chi connectivity index (χ1) is 14.4. The minimum absolute atomic E-state index is 0.0371. The number of carbonyl (C=O) groups excluding carboxylic acids is 1. The summed E-state index contributed by atoms with van der Waals surface area (Å²) in [7, 11) is 0. The molecule has 2 fully saturated rings. The molecule has 1 saturated heterocycles. The van der Waals surface area contributed by atoms with Gasteiger partial charge in [-0.2, -0.15) is 13.2 Å². The average molecular weight is 417 g/mol. The highest BCUT2D eigenvalue weighted by Gasteiger charge is 2.34. The summed E-state index contributed by atoms with van der Waals surface area (Å²) in [6.07, 6.45) is -2.25. The molecule has 0 spiro atoms. The number of amides is 1. The van der Waals surface area contributed by atoms with Gasteiger partial charge in [-0.1, -0.05) is 48.5 Å². The number of nitrogens with zero attached hydrogens (tertiary/aromatic N) is 2. The zero-order valence-electron chi connectivity index (χ0n) is 16.7. The maximum atomic E-state index is 13.0. The van der Waals surface area contributed by atoms with Crippen molar-refractivity contribution in [2.24, 2.45) is 0 Å². The van der Waals surface area contributed by atoms with Gasteiger partial charge in [0.2, 0.25) is 5.91 Å². The molecule has 7 heteroatoms. The van der Waals surface area contributed by atoms with Crippen LogP contribution in [0.25, 0.3) is 0 Å². The lowest BCUT2D eigenvalue weighted by molar-refractivity contribution is -0.137. The lowest BCUT2D eigenvalue weighted by atomic mass is 10.0. The van der Waals surface area contributed by atoms with Crippen molar-refractivity contribution < 1.29 is 18.0 Å². The molecule has 1 amide bonds. The van der Waals surface area contributed by atoms with E-state index in [0.29, 0.717) is 44.3 Å². The molecular weight excluding hydrogens is 391 g/mol. The highest BCUT2D eigenvalue weighted by Crippen LogP contribution is 2.30. The average Bonchev–Trinajstić information content (AvgIpc) is 3.54. The molecule has 1 atom stereocenters. The molecule has 0 bridgehead atoms. The first-order valence-electron chi connectivity index (χ1n) is 10.4. The minimum atomic E-state index is -4.33. The van der Waals surface area contributed by atoms with Crippen LogP contribution in [0.4, 0.5) is 13.2 Å². The van der Waals surface area contributed by atoms with Gasteiger partial charge in [0.1, 0.15) is 6.04 Å². The Morgan fingerprint density at radius 1 is 1.00 bits per heavy atom. The maximum absolute atomic E-state index is 13.0. The summed E-state index contributed by atoms with van der Waals surface area (Å²) in [6, 6.07) is 15.3. The van der Waals surface area contributed by atoms with Gasteiger partial charge in [0.15, 0.2) is 0 Å². The van der Waals surface area contributed by atoms with Crippen molar-refractivity contribution in [3.63, 3.8) is 0 Å². The van der Waals surface area contributed by atoms with Gasteiger partial charge in [0.05, 0.1) is 5.56 Å². The van der Waals surface area contributed by atoms with E-state index in [1.807, 2.05) is 30.3 Å². The second-order valence-electron chi connectivity index (χ2n) is 8.11. The van der Waals surface area contributed by atoms with E-state index in [2.05, 4.69) is 15.1 Å². The van der Waals surface area contributed by atoms with Crippen LogP contribution >= 0.6 is 0 Å². The van der Waals surface area contributed by atoms with Gasteiger partial charge in [-0.3, -0.25) is 14.6 Å². The molecule has 1 aliphatic heterocycles. The summed E-state index contributed by atoms with van der Waals surface area (Å²) >= 11 is 0. The molecule has 1 saturated carbocycles. The Kier molecular flexibility index (Phi) is 6.11. The van der Waals surface area contributed by atoms with E-state index < -0.39 is 11.7 Å². The molecule has 1 aliphatic carbocycles. The number of carbonyl (C=O) groups is 1. The van der Waals surface area contributed by atoms with Crippen LogP contribution in [-0.2, 0) is 17.5 Å². The van der Waals surface area contributed by atoms with E-state index in [4.69, 9.17) is 0 Å². The van der Waals surface area contributed by atoms with Crippen molar-refractivity contribution in [1.82, 2.24) is 15.1 Å². The topological polar surface area (TPSA) is 35.6 Å². The number of benzene rings is 2. The standard InChI is InChI=1S/C23H26F3N3O/c24-23(25,26)19-8-4-5-17(15-19)16-28-11-13-29(14-12-28)21(18-6-2-1-3-7-18)22(30)27-20-9-10-20/h1-8,15,20-21H,9-14,16H2,(H,27,30). The summed E-state index contributed by atoms with van der Waals surface area (Å²) in [5, 5.41) is 3.12. The lowest BCUT2D eigenvalue weighted by Crippen LogP contribution is -2.51. The number of hydrogen-bond acceptors (Lipinski definition) is 3. The fraction of sp³-hybridized carbons (Fsp3) is 0.435. The number of rotatable bonds is 6. The Hall–Kier alpha value is -2.38. The Morgan fingerprint density at radius 3 is 2.33 bits per heavy atom. The number of alkyl halides is 3. The van der Waals surface area contributed by atoms with Crippen LogP contribution in [0.2, 0.25) is 0 Å². The minimum Gasteiger partial charge on any atom is -0.352 e. The molecule has 1 heterocycles. The van der Waals surface area contributed by atoms with Gasteiger partial charge in [-0.15, -0.1) is 0 Å². The van der Waals surface area contributed by atoms with E-state index in [-0.39, 0.29) is 11.9 Å². The van der Waals surface area contributed by atoms with Crippen molar-refractivity contribution in [1.29, 1.82) is 0 Å². The third-order valence-corrected chi connectivity index (χ3v) is 5.72. The SMILES string of the molecule is O=C(NC1CC1)C(c1ccccc1)N1CCN(Cc2cccc(C(F)(F)F)c2)CC1. The molecule has 2 aromatic carbocycles. The molecule has 4 nitrogen and oxygen atoms in total. The Morgan fingerprint density at radius 2 is 1.70 bits per heavy atom. The molecule has 1 unspecified atom stereocenters. The van der Waals surface area contributed by atoms with E-state index in [1.54, 1.807) is 6.07 Å².